The SMILES string of the molecule is OC([Se]c1ccccc1)C(F)(F)C(F)(F)C(F)(F)F. The van der Waals surface area contributed by atoms with E-state index in [2.05, 4.69) is 0 Å². The van der Waals surface area contributed by atoms with Gasteiger partial charge in [0.25, 0.3) is 0 Å². The summed E-state index contributed by atoms with van der Waals surface area (Å²) in [4.78, 5) is 0. The first-order chi connectivity index (χ1) is 8.50. The number of aliphatic hydroxyl groups is 1. The van der Waals surface area contributed by atoms with Crippen LogP contribution in [0, 0.1) is 0 Å². The average Bonchev–Trinajstić information content (AvgIpc) is 2.28. The van der Waals surface area contributed by atoms with Crippen molar-refractivity contribution < 1.29 is 35.8 Å². The van der Waals surface area contributed by atoms with Gasteiger partial charge in [0.05, 0.1) is 0 Å². The van der Waals surface area contributed by atoms with Gasteiger partial charge < -0.3 is 0 Å². The van der Waals surface area contributed by atoms with E-state index >= 15 is 0 Å². The van der Waals surface area contributed by atoms with Crippen molar-refractivity contribution >= 4 is 19.4 Å². The molecule has 1 aromatic carbocycles. The van der Waals surface area contributed by atoms with E-state index in [1.54, 1.807) is 0 Å². The fraction of sp³-hybridized carbons (Fsp3) is 0.400. The summed E-state index contributed by atoms with van der Waals surface area (Å²) in [5.74, 6) is -11.9. The van der Waals surface area contributed by atoms with E-state index in [0.717, 1.165) is 0 Å². The molecule has 0 saturated carbocycles. The van der Waals surface area contributed by atoms with Gasteiger partial charge in [-0.05, 0) is 0 Å². The second-order valence-electron chi connectivity index (χ2n) is 3.48. The van der Waals surface area contributed by atoms with Crippen molar-refractivity contribution in [1.29, 1.82) is 0 Å². The predicted molar refractivity (Wildman–Crippen MR) is 53.8 cm³/mol. The normalized spacial score (nSPS) is 15.4. The molecule has 0 amide bonds. The first-order valence-electron chi connectivity index (χ1n) is 4.72. The van der Waals surface area contributed by atoms with Gasteiger partial charge in [0.15, 0.2) is 0 Å². The molecule has 0 spiro atoms. The zero-order chi connectivity index (χ0) is 14.9. The van der Waals surface area contributed by atoms with E-state index in [0.29, 0.717) is 0 Å². The molecule has 1 rings (SSSR count). The molecular formula is C10H7F7OSe. The van der Waals surface area contributed by atoms with E-state index in [1.165, 1.54) is 30.3 Å². The zero-order valence-corrected chi connectivity index (χ0v) is 10.7. The molecule has 1 N–H and O–H groups in total. The van der Waals surface area contributed by atoms with Crippen LogP contribution in [-0.4, -0.2) is 43.1 Å². The first kappa shape index (κ1) is 16.3. The Morgan fingerprint density at radius 3 is 1.79 bits per heavy atom. The van der Waals surface area contributed by atoms with Gasteiger partial charge in [-0.15, -0.1) is 0 Å². The van der Waals surface area contributed by atoms with Crippen LogP contribution in [0.3, 0.4) is 0 Å². The predicted octanol–water partition coefficient (Wildman–Crippen LogP) is 2.17. The van der Waals surface area contributed by atoms with Gasteiger partial charge in [0, 0.05) is 0 Å². The number of hydrogen-bond acceptors (Lipinski definition) is 1. The summed E-state index contributed by atoms with van der Waals surface area (Å²) in [7, 11) is 0. The number of halogens is 7. The number of aliphatic hydroxyl groups excluding tert-OH is 1. The molecule has 0 heterocycles. The van der Waals surface area contributed by atoms with Crippen LogP contribution in [-0.2, 0) is 0 Å². The van der Waals surface area contributed by atoms with Crippen LogP contribution in [0.15, 0.2) is 30.3 Å². The molecule has 0 bridgehead atoms. The van der Waals surface area contributed by atoms with Crippen molar-refractivity contribution in [2.75, 3.05) is 0 Å². The molecule has 0 saturated heterocycles. The summed E-state index contributed by atoms with van der Waals surface area (Å²) in [6.07, 6.45) is -6.43. The van der Waals surface area contributed by atoms with Crippen LogP contribution in [0.4, 0.5) is 30.7 Å². The monoisotopic (exact) mass is 356 g/mol. The zero-order valence-electron chi connectivity index (χ0n) is 8.97. The third-order valence-corrected chi connectivity index (χ3v) is 4.31. The van der Waals surface area contributed by atoms with Crippen LogP contribution in [0.25, 0.3) is 0 Å². The molecule has 0 aliphatic carbocycles. The molecule has 9 heteroatoms. The quantitative estimate of drug-likeness (QED) is 0.649. The summed E-state index contributed by atoms with van der Waals surface area (Å²) >= 11 is -1.64. The fourth-order valence-electron chi connectivity index (χ4n) is 1.05. The Morgan fingerprint density at radius 2 is 1.37 bits per heavy atom. The summed E-state index contributed by atoms with van der Waals surface area (Å²) < 4.78 is 87.2. The first-order valence-corrected chi connectivity index (χ1v) is 6.57. The summed E-state index contributed by atoms with van der Waals surface area (Å²) in [5, 5.41) is 5.94. The minimum absolute atomic E-state index is 0.0835. The van der Waals surface area contributed by atoms with Gasteiger partial charge in [-0.3, -0.25) is 0 Å². The molecule has 0 fully saturated rings. The van der Waals surface area contributed by atoms with Gasteiger partial charge in [0.1, 0.15) is 0 Å². The van der Waals surface area contributed by atoms with Crippen LogP contribution in [0.5, 0.6) is 0 Å². The molecule has 1 unspecified atom stereocenters. The maximum atomic E-state index is 13.1. The van der Waals surface area contributed by atoms with E-state index in [1.807, 2.05) is 0 Å². The summed E-state index contributed by atoms with van der Waals surface area (Å²) in [6, 6.07) is 6.80. The second kappa shape index (κ2) is 5.30. The van der Waals surface area contributed by atoms with Crippen molar-refractivity contribution in [3.63, 3.8) is 0 Å². The molecule has 1 nitrogen and oxygen atoms in total. The molecule has 0 radical (unpaired) electrons. The Hall–Kier alpha value is -0.791. The molecule has 0 aromatic heterocycles. The number of alkyl halides is 7. The number of benzene rings is 1. The molecule has 1 atom stereocenters. The van der Waals surface area contributed by atoms with Gasteiger partial charge in [0.2, 0.25) is 0 Å². The molecule has 19 heavy (non-hydrogen) atoms. The third kappa shape index (κ3) is 3.21. The second-order valence-corrected chi connectivity index (χ2v) is 5.90. The fourth-order valence-corrected chi connectivity index (χ4v) is 2.87. The maximum absolute atomic E-state index is 13.1. The molecule has 0 aliphatic heterocycles. The molecule has 1 aromatic rings. The Morgan fingerprint density at radius 1 is 0.895 bits per heavy atom. The molecule has 0 aliphatic rings. The van der Waals surface area contributed by atoms with Gasteiger partial charge >= 0.3 is 109 Å². The molecule has 108 valence electrons. The van der Waals surface area contributed by atoms with Gasteiger partial charge in [-0.1, -0.05) is 0 Å². The van der Waals surface area contributed by atoms with E-state index in [-0.39, 0.29) is 4.46 Å². The van der Waals surface area contributed by atoms with Gasteiger partial charge in [-0.2, -0.15) is 0 Å². The Kier molecular flexibility index (Phi) is 4.54. The van der Waals surface area contributed by atoms with Crippen molar-refractivity contribution in [3.05, 3.63) is 30.3 Å². The van der Waals surface area contributed by atoms with Crippen molar-refractivity contribution in [1.82, 2.24) is 0 Å². The average molecular weight is 355 g/mol. The Balaban J connectivity index is 2.94. The van der Waals surface area contributed by atoms with E-state index in [9.17, 15) is 30.7 Å². The summed E-state index contributed by atoms with van der Waals surface area (Å²) in [5.41, 5.74) is 0. The van der Waals surface area contributed by atoms with Crippen molar-refractivity contribution in [3.8, 4) is 0 Å². The van der Waals surface area contributed by atoms with E-state index < -0.39 is 38.0 Å². The Bertz CT molecular complexity index is 418. The topological polar surface area (TPSA) is 20.2 Å². The van der Waals surface area contributed by atoms with Crippen molar-refractivity contribution in [2.45, 2.75) is 23.0 Å². The van der Waals surface area contributed by atoms with Gasteiger partial charge in [-0.25, -0.2) is 0 Å². The minimum atomic E-state index is -6.43. The van der Waals surface area contributed by atoms with Crippen LogP contribution >= 0.6 is 0 Å². The third-order valence-electron chi connectivity index (χ3n) is 2.08. The number of hydrogen-bond donors (Lipinski definition) is 1. The standard InChI is InChI=1S/C10H7F7OSe/c11-8(12,9(13,14)10(15,16)17)7(18)19-6-4-2-1-3-5-6/h1-5,7,18H. The van der Waals surface area contributed by atoms with Crippen LogP contribution in [0.2, 0.25) is 0 Å². The van der Waals surface area contributed by atoms with Crippen LogP contribution < -0.4 is 4.46 Å². The summed E-state index contributed by atoms with van der Waals surface area (Å²) in [6.45, 7) is 0. The number of rotatable bonds is 4. The molecular weight excluding hydrogens is 348 g/mol. The van der Waals surface area contributed by atoms with E-state index in [4.69, 9.17) is 5.11 Å². The van der Waals surface area contributed by atoms with Crippen LogP contribution in [0.1, 0.15) is 0 Å². The Labute approximate surface area is 109 Å². The van der Waals surface area contributed by atoms with Crippen molar-refractivity contribution in [2.24, 2.45) is 0 Å².